The minimum absolute atomic E-state index is 0.0606. The molecule has 0 saturated heterocycles. The van der Waals surface area contributed by atoms with Crippen molar-refractivity contribution in [3.05, 3.63) is 127 Å². The molecule has 4 aliphatic rings. The van der Waals surface area contributed by atoms with E-state index in [0.29, 0.717) is 100 Å². The number of aliphatic hydroxyl groups excluding tert-OH is 1. The highest BCUT2D eigenvalue weighted by atomic mass is 35.5. The number of halogens is 4. The van der Waals surface area contributed by atoms with Gasteiger partial charge in [0, 0.05) is 76.5 Å². The molecule has 0 spiro atoms. The summed E-state index contributed by atoms with van der Waals surface area (Å²) in [6.45, 7) is 1.92. The molecule has 4 aromatic heterocycles. The maximum Gasteiger partial charge on any atom is 0.318 e. The van der Waals surface area contributed by atoms with Crippen molar-refractivity contribution >= 4 is 70.4 Å². The van der Waals surface area contributed by atoms with Gasteiger partial charge in [-0.25, -0.2) is 29.5 Å². The first-order chi connectivity index (χ1) is 33.3. The number of pyridine rings is 2. The molecule has 69 heavy (non-hydrogen) atoms. The molecule has 2 fully saturated rings. The molecule has 6 aromatic rings. The zero-order chi connectivity index (χ0) is 48.6. The van der Waals surface area contributed by atoms with Gasteiger partial charge in [-0.3, -0.25) is 9.97 Å². The van der Waals surface area contributed by atoms with Gasteiger partial charge in [-0.05, 0) is 87.1 Å². The van der Waals surface area contributed by atoms with E-state index in [1.165, 1.54) is 12.1 Å². The van der Waals surface area contributed by atoms with Crippen molar-refractivity contribution in [1.82, 2.24) is 50.3 Å². The Hall–Kier alpha value is -6.24. The number of nitrogens with zero attached hydrogens (tertiary/aromatic N) is 8. The lowest BCUT2D eigenvalue weighted by molar-refractivity contribution is 0.186. The van der Waals surface area contributed by atoms with E-state index in [1.807, 2.05) is 36.4 Å². The number of nitrogen functional groups attached to an aromatic ring is 2. The highest BCUT2D eigenvalue weighted by Gasteiger charge is 2.34. The fourth-order valence-electron chi connectivity index (χ4n) is 8.05. The van der Waals surface area contributed by atoms with Crippen LogP contribution in [0.25, 0.3) is 22.5 Å². The van der Waals surface area contributed by atoms with Gasteiger partial charge in [-0.2, -0.15) is 0 Å². The third-order valence-corrected chi connectivity index (χ3v) is 13.0. The molecule has 360 valence electrons. The maximum absolute atomic E-state index is 12.8. The van der Waals surface area contributed by atoms with Crippen molar-refractivity contribution in [2.24, 2.45) is 0 Å². The number of anilines is 2. The van der Waals surface area contributed by atoms with Crippen LogP contribution < -0.4 is 26.8 Å². The molecule has 2 aliphatic heterocycles. The molecule has 10 rings (SSSR count). The number of carbonyl (C=O) groups is 2. The first kappa shape index (κ1) is 49.2. The zero-order valence-corrected chi connectivity index (χ0v) is 40.4. The molecule has 2 aliphatic carbocycles. The number of ether oxygens (including phenoxy) is 1. The number of hydrogen-bond donors (Lipinski definition) is 6. The lowest BCUT2D eigenvalue weighted by Gasteiger charge is -2.28. The summed E-state index contributed by atoms with van der Waals surface area (Å²) in [5.41, 5.74) is 18.5. The molecular weight excluding hydrogens is 966 g/mol. The SMILES string of the molecule is Nc1nc2c(c(-c3c(Cl)cc(Cl)cc3OCCc3ccccn3)n1)CN(C(=O)NC1CCC1)C2.Nc1nc2c(c(-c3c(O)cc(Cl)cc3Cl)n1)CN(C(=O)NC1CCC1)C2.OCCc1ccccn1. The van der Waals surface area contributed by atoms with Crippen LogP contribution in [0, 0.1) is 0 Å². The van der Waals surface area contributed by atoms with Crippen molar-refractivity contribution in [3.63, 3.8) is 0 Å². The minimum Gasteiger partial charge on any atom is -0.507 e. The number of rotatable bonds is 10. The number of aromatic hydroxyl groups is 1. The monoisotopic (exact) mass is 1010 g/mol. The van der Waals surface area contributed by atoms with E-state index in [4.69, 9.17) is 67.7 Å². The Morgan fingerprint density at radius 1 is 0.667 bits per heavy atom. The Bertz CT molecular complexity index is 2780. The highest BCUT2D eigenvalue weighted by Crippen LogP contribution is 2.44. The second-order valence-electron chi connectivity index (χ2n) is 16.8. The Kier molecular flexibility index (Phi) is 16.0. The predicted molar refractivity (Wildman–Crippen MR) is 265 cm³/mol. The molecule has 0 atom stereocenters. The fraction of sp³-hybridized carbons (Fsp3) is 0.333. The summed E-state index contributed by atoms with van der Waals surface area (Å²) in [5.74, 6) is 0.567. The molecule has 2 saturated carbocycles. The Morgan fingerprint density at radius 3 is 1.62 bits per heavy atom. The van der Waals surface area contributed by atoms with Gasteiger partial charge in [-0.15, -0.1) is 0 Å². The average Bonchev–Trinajstić information content (AvgIpc) is 3.92. The fourth-order valence-corrected chi connectivity index (χ4v) is 9.18. The van der Waals surface area contributed by atoms with Crippen molar-refractivity contribution in [1.29, 1.82) is 0 Å². The van der Waals surface area contributed by atoms with Crippen LogP contribution in [0.15, 0.2) is 73.1 Å². The number of phenolic OH excluding ortho intramolecular Hbond substituents is 1. The molecule has 0 radical (unpaired) electrons. The number of carbonyl (C=O) groups excluding carboxylic acids is 2. The van der Waals surface area contributed by atoms with Gasteiger partial charge in [0.05, 0.1) is 76.7 Å². The minimum atomic E-state index is -0.136. The van der Waals surface area contributed by atoms with Crippen molar-refractivity contribution < 1.29 is 24.5 Å². The van der Waals surface area contributed by atoms with Gasteiger partial charge in [0.2, 0.25) is 11.9 Å². The molecule has 0 bridgehead atoms. The summed E-state index contributed by atoms with van der Waals surface area (Å²) in [5, 5.41) is 26.3. The summed E-state index contributed by atoms with van der Waals surface area (Å²) in [7, 11) is 0. The molecule has 21 heteroatoms. The molecule has 8 N–H and O–H groups in total. The van der Waals surface area contributed by atoms with Gasteiger partial charge in [0.15, 0.2) is 0 Å². The van der Waals surface area contributed by atoms with Crippen molar-refractivity contribution in [3.8, 4) is 34.0 Å². The normalized spacial score (nSPS) is 14.8. The molecule has 4 amide bonds. The van der Waals surface area contributed by atoms with Gasteiger partial charge in [0.25, 0.3) is 0 Å². The van der Waals surface area contributed by atoms with Crippen LogP contribution in [0.1, 0.15) is 72.4 Å². The average molecular weight is 1020 g/mol. The number of phenols is 1. The van der Waals surface area contributed by atoms with Gasteiger partial charge in [0.1, 0.15) is 11.5 Å². The van der Waals surface area contributed by atoms with Crippen molar-refractivity contribution in [2.75, 3.05) is 24.7 Å². The van der Waals surface area contributed by atoms with E-state index >= 15 is 0 Å². The van der Waals surface area contributed by atoms with Gasteiger partial charge in [-0.1, -0.05) is 58.5 Å². The van der Waals surface area contributed by atoms with E-state index in [-0.39, 0.29) is 53.4 Å². The highest BCUT2D eigenvalue weighted by molar-refractivity contribution is 6.37. The number of nitrogens with one attached hydrogen (secondary N) is 2. The number of urea groups is 2. The maximum atomic E-state index is 12.8. The first-order valence-electron chi connectivity index (χ1n) is 22.5. The first-order valence-corrected chi connectivity index (χ1v) is 24.0. The number of amides is 4. The molecule has 0 unspecified atom stereocenters. The summed E-state index contributed by atoms with van der Waals surface area (Å²) in [4.78, 5) is 54.4. The van der Waals surface area contributed by atoms with Crippen LogP contribution in [-0.2, 0) is 39.0 Å². The summed E-state index contributed by atoms with van der Waals surface area (Å²) >= 11 is 25.1. The quantitative estimate of drug-likeness (QED) is 0.0754. The van der Waals surface area contributed by atoms with E-state index in [2.05, 4.69) is 40.5 Å². The van der Waals surface area contributed by atoms with Gasteiger partial charge < -0.3 is 46.9 Å². The predicted octanol–water partition coefficient (Wildman–Crippen LogP) is 8.56. The van der Waals surface area contributed by atoms with Gasteiger partial charge >= 0.3 is 12.1 Å². The Labute approximate surface area is 418 Å². The number of aromatic nitrogens is 6. The topological polar surface area (TPSA) is 244 Å². The molecule has 6 heterocycles. The molecule has 17 nitrogen and oxygen atoms in total. The third kappa shape index (κ3) is 12.1. The largest absolute Gasteiger partial charge is 0.507 e. The van der Waals surface area contributed by atoms with Crippen LogP contribution in [0.2, 0.25) is 20.1 Å². The van der Waals surface area contributed by atoms with E-state index in [1.54, 1.807) is 34.3 Å². The van der Waals surface area contributed by atoms with Crippen LogP contribution in [0.4, 0.5) is 21.5 Å². The van der Waals surface area contributed by atoms with Crippen LogP contribution >= 0.6 is 46.4 Å². The van der Waals surface area contributed by atoms with E-state index in [0.717, 1.165) is 61.0 Å². The molecular formula is C48H50Cl4N12O5. The zero-order valence-electron chi connectivity index (χ0n) is 37.3. The second-order valence-corrected chi connectivity index (χ2v) is 18.5. The van der Waals surface area contributed by atoms with Crippen LogP contribution in [0.3, 0.4) is 0 Å². The number of aliphatic hydroxyl groups is 1. The van der Waals surface area contributed by atoms with Crippen LogP contribution in [0.5, 0.6) is 11.5 Å². The second kappa shape index (κ2) is 22.5. The Balaban J connectivity index is 0.000000161. The standard InChI is InChI=1S/C24H24Cl2N6O2.C17H17Cl2N5O2.C7H9NO/c25-14-10-18(26)21(20(11-14)34-9-7-15-4-1-2-8-28-15)22-17-12-32(13-19(17)30-23(27)31-22)24(33)29-16-5-3-6-16;18-8-4-11(19)14(13(25)5-8)15-10-6-24(7-12(10)22-16(20)23-15)17(26)21-9-2-1-3-9;9-6-4-7-3-1-2-5-8-7/h1-2,4,8,10-11,16H,3,5-7,9,12-13H2,(H,29,33)(H2,27,30,31);4-5,9,25H,1-3,6-7H2,(H,21,26)(H2,20,22,23);1-3,5,9H,4,6H2. The third-order valence-electron chi connectivity index (χ3n) is 12.0. The summed E-state index contributed by atoms with van der Waals surface area (Å²) < 4.78 is 6.10. The number of fused-ring (bicyclic) bond motifs is 2. The summed E-state index contributed by atoms with van der Waals surface area (Å²) in [6.07, 6.45) is 11.1. The van der Waals surface area contributed by atoms with Crippen LogP contribution in [-0.4, -0.2) is 87.3 Å². The lowest BCUT2D eigenvalue weighted by Crippen LogP contribution is -2.45. The number of benzene rings is 2. The Morgan fingerprint density at radius 2 is 1.16 bits per heavy atom. The number of nitrogens with two attached hydrogens (primary N) is 2. The smallest absolute Gasteiger partial charge is 0.318 e. The van der Waals surface area contributed by atoms with Crippen molar-refractivity contribution in [2.45, 2.75) is 89.6 Å². The van der Waals surface area contributed by atoms with E-state index < -0.39 is 0 Å². The molecule has 2 aromatic carbocycles. The summed E-state index contributed by atoms with van der Waals surface area (Å²) in [6, 6.07) is 17.9. The number of hydrogen-bond acceptors (Lipinski definition) is 13. The van der Waals surface area contributed by atoms with E-state index in [9.17, 15) is 14.7 Å². The lowest BCUT2D eigenvalue weighted by atomic mass is 9.93.